The molecule has 74 valence electrons. The number of amides is 1. The van der Waals surface area contributed by atoms with Crippen LogP contribution in [0.4, 0.5) is 0 Å². The first-order valence-electron chi connectivity index (χ1n) is 5.58. The topological polar surface area (TPSA) is 29.1 Å². The highest BCUT2D eigenvalue weighted by molar-refractivity contribution is 5.81. The zero-order valence-electron chi connectivity index (χ0n) is 8.38. The maximum absolute atomic E-state index is 11.6. The Bertz CT molecular complexity index is 196. The highest BCUT2D eigenvalue weighted by Gasteiger charge is 2.39. The van der Waals surface area contributed by atoms with Gasteiger partial charge in [0.05, 0.1) is 0 Å². The molecule has 2 saturated carbocycles. The minimum Gasteiger partial charge on any atom is -0.353 e. The third-order valence-electron chi connectivity index (χ3n) is 3.40. The smallest absolute Gasteiger partial charge is 0.223 e. The largest absolute Gasteiger partial charge is 0.353 e. The number of carbonyl (C=O) groups excluding carboxylic acids is 1. The summed E-state index contributed by atoms with van der Waals surface area (Å²) in [7, 11) is 0. The number of nitrogens with one attached hydrogen (secondary N) is 1. The minimum absolute atomic E-state index is 0.319. The van der Waals surface area contributed by atoms with Crippen LogP contribution in [0.25, 0.3) is 0 Å². The summed E-state index contributed by atoms with van der Waals surface area (Å²) in [6.07, 6.45) is 7.46. The highest BCUT2D eigenvalue weighted by Crippen LogP contribution is 2.38. The van der Waals surface area contributed by atoms with Crippen LogP contribution in [0.2, 0.25) is 0 Å². The fourth-order valence-electron chi connectivity index (χ4n) is 2.24. The molecular formula is C11H19NO. The molecule has 2 atom stereocenters. The van der Waals surface area contributed by atoms with E-state index in [0.717, 1.165) is 6.42 Å². The van der Waals surface area contributed by atoms with Crippen LogP contribution >= 0.6 is 0 Å². The first-order valence-corrected chi connectivity index (χ1v) is 5.58. The van der Waals surface area contributed by atoms with E-state index in [4.69, 9.17) is 0 Å². The summed E-state index contributed by atoms with van der Waals surface area (Å²) in [5.74, 6) is 1.31. The fraction of sp³-hybridized carbons (Fsp3) is 0.909. The van der Waals surface area contributed by atoms with Gasteiger partial charge in [0.1, 0.15) is 0 Å². The molecule has 1 amide bonds. The van der Waals surface area contributed by atoms with Gasteiger partial charge in [-0.05, 0) is 25.2 Å². The van der Waals surface area contributed by atoms with E-state index in [2.05, 4.69) is 12.2 Å². The second kappa shape index (κ2) is 3.69. The molecule has 0 radical (unpaired) electrons. The molecule has 0 aromatic heterocycles. The lowest BCUT2D eigenvalue weighted by Gasteiger charge is -2.22. The summed E-state index contributed by atoms with van der Waals surface area (Å²) in [4.78, 5) is 11.6. The molecule has 0 unspecified atom stereocenters. The molecule has 2 heteroatoms. The van der Waals surface area contributed by atoms with Gasteiger partial charge in [-0.25, -0.2) is 0 Å². The van der Waals surface area contributed by atoms with E-state index < -0.39 is 0 Å². The Morgan fingerprint density at radius 2 is 1.85 bits per heavy atom. The van der Waals surface area contributed by atoms with E-state index in [9.17, 15) is 4.79 Å². The van der Waals surface area contributed by atoms with Gasteiger partial charge in [0.25, 0.3) is 0 Å². The summed E-state index contributed by atoms with van der Waals surface area (Å²) < 4.78 is 0. The summed E-state index contributed by atoms with van der Waals surface area (Å²) in [6.45, 7) is 2.16. The molecule has 0 heterocycles. The van der Waals surface area contributed by atoms with Crippen LogP contribution in [-0.4, -0.2) is 11.9 Å². The standard InChI is InChI=1S/C11H19NO/c1-8-7-10(8)11(13)12-9-5-3-2-4-6-9/h8-10H,2-7H2,1H3,(H,12,13)/t8-,10-/m0/s1. The maximum atomic E-state index is 11.6. The fourth-order valence-corrected chi connectivity index (χ4v) is 2.24. The van der Waals surface area contributed by atoms with Gasteiger partial charge in [0, 0.05) is 12.0 Å². The predicted molar refractivity (Wildman–Crippen MR) is 52.3 cm³/mol. The molecule has 2 rings (SSSR count). The van der Waals surface area contributed by atoms with Crippen LogP contribution in [-0.2, 0) is 4.79 Å². The molecule has 2 aliphatic carbocycles. The van der Waals surface area contributed by atoms with Crippen molar-refractivity contribution in [1.82, 2.24) is 5.32 Å². The van der Waals surface area contributed by atoms with Crippen molar-refractivity contribution in [3.63, 3.8) is 0 Å². The van der Waals surface area contributed by atoms with E-state index in [1.165, 1.54) is 32.1 Å². The van der Waals surface area contributed by atoms with E-state index >= 15 is 0 Å². The summed E-state index contributed by atoms with van der Waals surface area (Å²) >= 11 is 0. The van der Waals surface area contributed by atoms with Gasteiger partial charge in [0.2, 0.25) is 5.91 Å². The van der Waals surface area contributed by atoms with E-state index in [0.29, 0.717) is 23.8 Å². The first kappa shape index (κ1) is 9.04. The van der Waals surface area contributed by atoms with E-state index in [1.807, 2.05) is 0 Å². The van der Waals surface area contributed by atoms with E-state index in [-0.39, 0.29) is 0 Å². The van der Waals surface area contributed by atoms with Crippen LogP contribution in [0, 0.1) is 11.8 Å². The lowest BCUT2D eigenvalue weighted by Crippen LogP contribution is -2.37. The highest BCUT2D eigenvalue weighted by atomic mass is 16.2. The van der Waals surface area contributed by atoms with Crippen LogP contribution in [0.15, 0.2) is 0 Å². The molecule has 0 aromatic carbocycles. The number of rotatable bonds is 2. The third-order valence-corrected chi connectivity index (χ3v) is 3.40. The molecular weight excluding hydrogens is 162 g/mol. The Morgan fingerprint density at radius 1 is 1.23 bits per heavy atom. The van der Waals surface area contributed by atoms with Crippen LogP contribution in [0.3, 0.4) is 0 Å². The van der Waals surface area contributed by atoms with Gasteiger partial charge in [-0.1, -0.05) is 26.2 Å². The first-order chi connectivity index (χ1) is 6.27. The van der Waals surface area contributed by atoms with Crippen molar-refractivity contribution in [2.24, 2.45) is 11.8 Å². The molecule has 13 heavy (non-hydrogen) atoms. The Hall–Kier alpha value is -0.530. The Balaban J connectivity index is 1.73. The average Bonchev–Trinajstić information content (AvgIpc) is 2.84. The zero-order chi connectivity index (χ0) is 9.26. The van der Waals surface area contributed by atoms with Crippen molar-refractivity contribution >= 4 is 5.91 Å². The van der Waals surface area contributed by atoms with Crippen molar-refractivity contribution in [2.75, 3.05) is 0 Å². The molecule has 0 bridgehead atoms. The Labute approximate surface area is 80.1 Å². The van der Waals surface area contributed by atoms with E-state index in [1.54, 1.807) is 0 Å². The number of hydrogen-bond acceptors (Lipinski definition) is 1. The van der Waals surface area contributed by atoms with Crippen molar-refractivity contribution in [3.05, 3.63) is 0 Å². The van der Waals surface area contributed by atoms with Crippen molar-refractivity contribution < 1.29 is 4.79 Å². The molecule has 0 spiro atoms. The monoisotopic (exact) mass is 181 g/mol. The van der Waals surface area contributed by atoms with Gasteiger partial charge in [0.15, 0.2) is 0 Å². The molecule has 0 saturated heterocycles. The van der Waals surface area contributed by atoms with Gasteiger partial charge in [-0.15, -0.1) is 0 Å². The quantitative estimate of drug-likeness (QED) is 0.694. The van der Waals surface area contributed by atoms with Crippen molar-refractivity contribution in [3.8, 4) is 0 Å². The van der Waals surface area contributed by atoms with Gasteiger partial charge >= 0.3 is 0 Å². The molecule has 2 fully saturated rings. The summed E-state index contributed by atoms with van der Waals surface area (Å²) in [5.41, 5.74) is 0. The number of carbonyl (C=O) groups is 1. The average molecular weight is 181 g/mol. The van der Waals surface area contributed by atoms with Crippen LogP contribution in [0.5, 0.6) is 0 Å². The minimum atomic E-state index is 0.319. The second-order valence-corrected chi connectivity index (χ2v) is 4.66. The lowest BCUT2D eigenvalue weighted by atomic mass is 9.95. The SMILES string of the molecule is C[C@H]1C[C@@H]1C(=O)NC1CCCCC1. The predicted octanol–water partition coefficient (Wildman–Crippen LogP) is 2.09. The summed E-state index contributed by atoms with van der Waals surface area (Å²) in [5, 5.41) is 3.17. The van der Waals surface area contributed by atoms with Crippen LogP contribution < -0.4 is 5.32 Å². The number of hydrogen-bond donors (Lipinski definition) is 1. The molecule has 2 nitrogen and oxygen atoms in total. The molecule has 0 aromatic rings. The third kappa shape index (κ3) is 2.23. The van der Waals surface area contributed by atoms with Gasteiger partial charge in [-0.3, -0.25) is 4.79 Å². The van der Waals surface area contributed by atoms with Crippen LogP contribution in [0.1, 0.15) is 45.4 Å². The van der Waals surface area contributed by atoms with Crippen molar-refractivity contribution in [1.29, 1.82) is 0 Å². The van der Waals surface area contributed by atoms with Gasteiger partial charge in [-0.2, -0.15) is 0 Å². The Kier molecular flexibility index (Phi) is 2.56. The lowest BCUT2D eigenvalue weighted by molar-refractivity contribution is -0.123. The molecule has 0 aliphatic heterocycles. The maximum Gasteiger partial charge on any atom is 0.223 e. The molecule has 2 aliphatic rings. The van der Waals surface area contributed by atoms with Gasteiger partial charge < -0.3 is 5.32 Å². The zero-order valence-corrected chi connectivity index (χ0v) is 8.38. The second-order valence-electron chi connectivity index (χ2n) is 4.66. The normalized spacial score (nSPS) is 34.2. The van der Waals surface area contributed by atoms with Crippen molar-refractivity contribution in [2.45, 2.75) is 51.5 Å². The molecule has 1 N–H and O–H groups in total. The Morgan fingerprint density at radius 3 is 2.38 bits per heavy atom. The summed E-state index contributed by atoms with van der Waals surface area (Å²) in [6, 6.07) is 0.494.